The molecule has 0 aromatic heterocycles. The molecular weight excluding hydrogens is 309 g/mol. The van der Waals surface area contributed by atoms with Crippen molar-refractivity contribution in [2.45, 2.75) is 0 Å². The van der Waals surface area contributed by atoms with Gasteiger partial charge in [-0.3, -0.25) is 0 Å². The first-order chi connectivity index (χ1) is 7.31. The fourth-order valence-electron chi connectivity index (χ4n) is 0.977. The van der Waals surface area contributed by atoms with E-state index in [0.29, 0.717) is 0 Å². The van der Waals surface area contributed by atoms with Crippen LogP contribution in [-0.2, 0) is 14.6 Å². The van der Waals surface area contributed by atoms with E-state index < -0.39 is 33.5 Å². The van der Waals surface area contributed by atoms with Gasteiger partial charge in [-0.25, -0.2) is 13.2 Å². The van der Waals surface area contributed by atoms with Crippen LogP contribution in [-0.4, -0.2) is 24.9 Å². The first-order valence-corrected chi connectivity index (χ1v) is 5.14. The molecule has 0 spiro atoms. The van der Waals surface area contributed by atoms with Crippen LogP contribution in [0.3, 0.4) is 0 Å². The second kappa shape index (κ2) is 10.7. The van der Waals surface area contributed by atoms with Crippen molar-refractivity contribution in [2.75, 3.05) is 0 Å². The maximum atomic E-state index is 11.1. The monoisotopic (exact) mass is 313 g/mol. The van der Waals surface area contributed by atoms with Gasteiger partial charge in [0.15, 0.2) is 0 Å². The molecular formula is C8H4Na3O7S+. The smallest absolute Gasteiger partial charge is 0.716 e. The molecule has 0 saturated carbocycles. The molecule has 0 atom stereocenters. The van der Waals surface area contributed by atoms with Gasteiger partial charge in [0.05, 0.1) is 11.5 Å². The van der Waals surface area contributed by atoms with E-state index in [1.807, 2.05) is 0 Å². The van der Waals surface area contributed by atoms with Crippen LogP contribution in [0.4, 0.5) is 0 Å². The Labute approximate surface area is 175 Å². The molecule has 19 heavy (non-hydrogen) atoms. The van der Waals surface area contributed by atoms with Crippen LogP contribution in [0.1, 0.15) is 20.7 Å². The number of hydrogen-bond donors (Lipinski definition) is 0. The van der Waals surface area contributed by atoms with Crippen molar-refractivity contribution in [3.63, 3.8) is 0 Å². The van der Waals surface area contributed by atoms with Crippen LogP contribution in [0.25, 0.3) is 0 Å². The van der Waals surface area contributed by atoms with E-state index in [4.69, 9.17) is 0 Å². The van der Waals surface area contributed by atoms with Crippen LogP contribution < -0.4 is 93.8 Å². The SMILES string of the molecule is O=C([O-])c1ccccc1C(=O)OS(=O)(=O)[O-].[Na+].[Na+].[Na+]. The summed E-state index contributed by atoms with van der Waals surface area (Å²) in [6, 6.07) is 4.59. The summed E-state index contributed by atoms with van der Waals surface area (Å²) in [4.78, 5) is 21.6. The quantitative estimate of drug-likeness (QED) is 0.308. The predicted molar refractivity (Wildman–Crippen MR) is 45.9 cm³/mol. The summed E-state index contributed by atoms with van der Waals surface area (Å²) in [6.45, 7) is 0. The average molecular weight is 313 g/mol. The Morgan fingerprint density at radius 2 is 1.42 bits per heavy atom. The van der Waals surface area contributed by atoms with Gasteiger partial charge >= 0.3 is 94.6 Å². The minimum absolute atomic E-state index is 0. The van der Waals surface area contributed by atoms with Gasteiger partial charge in [0, 0.05) is 5.56 Å². The molecule has 0 aliphatic heterocycles. The molecule has 1 aromatic rings. The minimum atomic E-state index is -5.23. The van der Waals surface area contributed by atoms with E-state index in [1.165, 1.54) is 12.1 Å². The minimum Gasteiger partial charge on any atom is -0.716 e. The summed E-state index contributed by atoms with van der Waals surface area (Å²) in [5.74, 6) is -3.24. The average Bonchev–Trinajstić information content (AvgIpc) is 2.15. The Balaban J connectivity index is -0.000000853. The maximum absolute atomic E-state index is 11.1. The molecule has 1 aromatic carbocycles. The summed E-state index contributed by atoms with van der Waals surface area (Å²) in [5, 5.41) is 10.5. The fraction of sp³-hybridized carbons (Fsp3) is 0. The zero-order valence-electron chi connectivity index (χ0n) is 10.6. The molecule has 0 radical (unpaired) electrons. The summed E-state index contributed by atoms with van der Waals surface area (Å²) in [7, 11) is -5.23. The van der Waals surface area contributed by atoms with E-state index in [9.17, 15) is 27.7 Å². The van der Waals surface area contributed by atoms with Crippen molar-refractivity contribution in [3.8, 4) is 0 Å². The van der Waals surface area contributed by atoms with E-state index >= 15 is 0 Å². The third-order valence-electron chi connectivity index (χ3n) is 1.54. The number of benzene rings is 1. The second-order valence-electron chi connectivity index (χ2n) is 2.61. The van der Waals surface area contributed by atoms with E-state index in [-0.39, 0.29) is 88.7 Å². The normalized spacial score (nSPS) is 9.11. The van der Waals surface area contributed by atoms with Crippen LogP contribution in [0.15, 0.2) is 24.3 Å². The van der Waals surface area contributed by atoms with Gasteiger partial charge in [-0.05, 0) is 6.07 Å². The molecule has 7 nitrogen and oxygen atoms in total. The van der Waals surface area contributed by atoms with Crippen molar-refractivity contribution in [1.29, 1.82) is 0 Å². The van der Waals surface area contributed by atoms with E-state index in [2.05, 4.69) is 4.18 Å². The Hall–Kier alpha value is 1.07. The number of carbonyl (C=O) groups excluding carboxylic acids is 2. The van der Waals surface area contributed by atoms with Crippen LogP contribution in [0.2, 0.25) is 0 Å². The van der Waals surface area contributed by atoms with Crippen molar-refractivity contribution in [2.24, 2.45) is 0 Å². The number of carboxylic acid groups (broad SMARTS) is 1. The molecule has 11 heteroatoms. The van der Waals surface area contributed by atoms with Crippen molar-refractivity contribution >= 4 is 22.3 Å². The predicted octanol–water partition coefficient (Wildman–Crippen LogP) is -10.3. The molecule has 0 fully saturated rings. The fourth-order valence-corrected chi connectivity index (χ4v) is 1.25. The summed E-state index contributed by atoms with van der Waals surface area (Å²) in [5.41, 5.74) is -1.13. The molecule has 1 rings (SSSR count). The second-order valence-corrected chi connectivity index (χ2v) is 3.60. The van der Waals surface area contributed by atoms with Gasteiger partial charge < -0.3 is 18.6 Å². The molecule has 0 saturated heterocycles. The Kier molecular flexibility index (Phi) is 14.2. The zero-order valence-corrected chi connectivity index (χ0v) is 17.4. The Morgan fingerprint density at radius 1 is 1.00 bits per heavy atom. The molecule has 0 aliphatic carbocycles. The Bertz CT molecular complexity index is 543. The van der Waals surface area contributed by atoms with Gasteiger partial charge in [-0.2, -0.15) is 0 Å². The number of carboxylic acids is 1. The zero-order chi connectivity index (χ0) is 12.3. The molecule has 0 N–H and O–H groups in total. The molecule has 0 amide bonds. The third-order valence-corrected chi connectivity index (χ3v) is 1.90. The first-order valence-electron chi connectivity index (χ1n) is 3.81. The largest absolute Gasteiger partial charge is 1.00 e. The van der Waals surface area contributed by atoms with E-state index in [0.717, 1.165) is 12.1 Å². The standard InChI is InChI=1S/C8H6O7S.3Na/c9-7(10)5-3-1-2-4-6(5)8(11)15-16(12,13)14;;;/h1-4H,(H,9,10)(H,12,13,14);;;/q;3*+1/p-2. The van der Waals surface area contributed by atoms with Crippen LogP contribution >= 0.6 is 0 Å². The molecule has 86 valence electrons. The van der Waals surface area contributed by atoms with Gasteiger partial charge in [0.25, 0.3) is 10.4 Å². The van der Waals surface area contributed by atoms with Gasteiger partial charge in [0.1, 0.15) is 0 Å². The van der Waals surface area contributed by atoms with Crippen LogP contribution in [0, 0.1) is 0 Å². The van der Waals surface area contributed by atoms with Crippen LogP contribution in [0.5, 0.6) is 0 Å². The summed E-state index contributed by atoms with van der Waals surface area (Å²) >= 11 is 0. The maximum Gasteiger partial charge on any atom is 1.00 e. The number of hydrogen-bond acceptors (Lipinski definition) is 7. The number of aromatic carboxylic acids is 1. The molecule has 0 bridgehead atoms. The van der Waals surface area contributed by atoms with Crippen molar-refractivity contribution in [3.05, 3.63) is 35.4 Å². The first kappa shape index (κ1) is 25.0. The van der Waals surface area contributed by atoms with E-state index in [1.54, 1.807) is 0 Å². The van der Waals surface area contributed by atoms with Crippen molar-refractivity contribution in [1.82, 2.24) is 0 Å². The molecule has 0 heterocycles. The summed E-state index contributed by atoms with van der Waals surface area (Å²) in [6.07, 6.45) is 0. The Morgan fingerprint density at radius 3 is 1.79 bits per heavy atom. The van der Waals surface area contributed by atoms with Crippen molar-refractivity contribution < 1.29 is 121 Å². The van der Waals surface area contributed by atoms with Gasteiger partial charge in [-0.15, -0.1) is 0 Å². The third kappa shape index (κ3) is 8.84. The molecule has 0 aliphatic rings. The topological polar surface area (TPSA) is 124 Å². The molecule has 0 unspecified atom stereocenters. The number of rotatable bonds is 3. The van der Waals surface area contributed by atoms with Gasteiger partial charge in [-0.1, -0.05) is 18.2 Å². The van der Waals surface area contributed by atoms with Gasteiger partial charge in [0.2, 0.25) is 0 Å². The number of carbonyl (C=O) groups is 2. The summed E-state index contributed by atoms with van der Waals surface area (Å²) < 4.78 is 33.9.